The Morgan fingerprint density at radius 2 is 0.660 bits per heavy atom. The van der Waals surface area contributed by atoms with Crippen LogP contribution < -0.4 is 14.0 Å². The quantitative estimate of drug-likeness (QED) is 0.0554. The molecule has 0 saturated carbocycles. The van der Waals surface area contributed by atoms with Gasteiger partial charge in [0.15, 0.2) is 69.7 Å². The second-order valence-corrected chi connectivity index (χ2v) is 10.8. The zero-order valence-corrected chi connectivity index (χ0v) is 24.5. The van der Waals surface area contributed by atoms with Gasteiger partial charge in [0.1, 0.15) is 11.6 Å². The number of hydrogen-bond acceptors (Lipinski definition) is 3. The first-order valence-corrected chi connectivity index (χ1v) is 13.9. The standard InChI is InChI=1S/C32H4BF17O3/c34-6-3-4-8(5-1-2-7(35)16(36)9(5)6)51-33(53-32-29(49)26(46)25(45)27(47)30(32)50)52-31-15-11-10-12(17(37)18(38)14(11)22(42)28(31)48)20(40)24(44)21(41)13(10)19(39)23(15)43/h1-4H. The van der Waals surface area contributed by atoms with Crippen molar-refractivity contribution in [1.29, 1.82) is 0 Å². The summed E-state index contributed by atoms with van der Waals surface area (Å²) in [6.07, 6.45) is 0. The highest BCUT2D eigenvalue weighted by molar-refractivity contribution is 6.40. The fraction of sp³-hybridized carbons (Fsp3) is 0. The average molecular weight is 770 g/mol. The molecule has 3 nitrogen and oxygen atoms in total. The molecule has 0 atom stereocenters. The highest BCUT2D eigenvalue weighted by atomic mass is 19.2. The van der Waals surface area contributed by atoms with Gasteiger partial charge in [-0.1, -0.05) is 0 Å². The molecule has 272 valence electrons. The van der Waals surface area contributed by atoms with E-state index in [2.05, 4.69) is 4.65 Å². The van der Waals surface area contributed by atoms with Crippen LogP contribution in [0, 0.1) is 98.9 Å². The Bertz CT molecular complexity index is 2700. The van der Waals surface area contributed by atoms with Crippen molar-refractivity contribution in [3.8, 4) is 17.2 Å². The van der Waals surface area contributed by atoms with Gasteiger partial charge in [0.25, 0.3) is 0 Å². The Balaban J connectivity index is 1.55. The van der Waals surface area contributed by atoms with Crippen molar-refractivity contribution in [2.75, 3.05) is 0 Å². The van der Waals surface area contributed by atoms with Gasteiger partial charge in [0.05, 0.1) is 26.9 Å². The molecule has 0 aromatic heterocycles. The van der Waals surface area contributed by atoms with Crippen LogP contribution in [-0.4, -0.2) is 7.32 Å². The lowest BCUT2D eigenvalue weighted by Crippen LogP contribution is -2.38. The van der Waals surface area contributed by atoms with Gasteiger partial charge in [-0.15, -0.1) is 0 Å². The van der Waals surface area contributed by atoms with Gasteiger partial charge in [-0.3, -0.25) is 0 Å². The van der Waals surface area contributed by atoms with E-state index in [-0.39, 0.29) is 0 Å². The lowest BCUT2D eigenvalue weighted by atomic mass is 9.90. The lowest BCUT2D eigenvalue weighted by Gasteiger charge is -2.22. The van der Waals surface area contributed by atoms with Crippen LogP contribution in [0.3, 0.4) is 0 Å². The third-order valence-electron chi connectivity index (χ3n) is 7.98. The maximum absolute atomic E-state index is 15.8. The van der Waals surface area contributed by atoms with Crippen molar-refractivity contribution < 1.29 is 88.6 Å². The van der Waals surface area contributed by atoms with Gasteiger partial charge in [0, 0.05) is 16.2 Å². The van der Waals surface area contributed by atoms with E-state index in [1.165, 1.54) is 0 Å². The molecule has 0 amide bonds. The number of benzene rings is 7. The topological polar surface area (TPSA) is 27.7 Å². The van der Waals surface area contributed by atoms with E-state index >= 15 is 26.3 Å². The Morgan fingerprint density at radius 1 is 0.283 bits per heavy atom. The van der Waals surface area contributed by atoms with Crippen LogP contribution in [0.15, 0.2) is 24.3 Å². The van der Waals surface area contributed by atoms with E-state index in [4.69, 9.17) is 9.31 Å². The van der Waals surface area contributed by atoms with Crippen molar-refractivity contribution in [3.05, 3.63) is 123 Å². The highest BCUT2D eigenvalue weighted by Gasteiger charge is 2.41. The molecule has 0 radical (unpaired) electrons. The van der Waals surface area contributed by atoms with Crippen LogP contribution in [0.2, 0.25) is 0 Å². The van der Waals surface area contributed by atoms with E-state index in [0.717, 1.165) is 0 Å². The Hall–Kier alpha value is -5.89. The number of rotatable bonds is 6. The van der Waals surface area contributed by atoms with Gasteiger partial charge in [-0.05, 0) is 24.3 Å². The van der Waals surface area contributed by atoms with Crippen molar-refractivity contribution in [3.63, 3.8) is 0 Å². The zero-order chi connectivity index (χ0) is 38.7. The van der Waals surface area contributed by atoms with Gasteiger partial charge in [-0.25, -0.2) is 61.5 Å². The molecule has 0 bridgehead atoms. The summed E-state index contributed by atoms with van der Waals surface area (Å²) in [6, 6.07) is 1.76. The smallest absolute Gasteiger partial charge is 0.489 e. The maximum atomic E-state index is 15.8. The summed E-state index contributed by atoms with van der Waals surface area (Å²) >= 11 is 0. The summed E-state index contributed by atoms with van der Waals surface area (Å²) in [5.41, 5.74) is 0. The van der Waals surface area contributed by atoms with Gasteiger partial charge in [0.2, 0.25) is 34.9 Å². The molecule has 7 aromatic carbocycles. The first-order chi connectivity index (χ1) is 24.9. The van der Waals surface area contributed by atoms with Crippen LogP contribution in [-0.2, 0) is 0 Å². The Labute approximate surface area is 279 Å². The molecule has 0 heterocycles. The minimum Gasteiger partial charge on any atom is -0.489 e. The lowest BCUT2D eigenvalue weighted by molar-refractivity contribution is 0.274. The molecule has 7 rings (SSSR count). The predicted octanol–water partition coefficient (Wildman–Crippen LogP) is 10.6. The average Bonchev–Trinajstić information content (AvgIpc) is 3.12. The molecule has 0 saturated heterocycles. The first kappa shape index (κ1) is 35.5. The van der Waals surface area contributed by atoms with E-state index in [1.807, 2.05) is 0 Å². The SMILES string of the molecule is Fc1ccc2c(OB(Oc3c(F)c(F)c(F)c(F)c3F)Oc3c(F)c(F)c4c(F)c(F)c5c(F)c(F)c(F)c6c(F)c(F)c3c4c56)ccc(F)c2c1F. The van der Waals surface area contributed by atoms with Crippen molar-refractivity contribution in [2.45, 2.75) is 0 Å². The maximum Gasteiger partial charge on any atom is 0.864 e. The minimum absolute atomic E-state index is 0.334. The molecular formula is C32H4BF17O3. The third kappa shape index (κ3) is 4.84. The second-order valence-electron chi connectivity index (χ2n) is 10.8. The van der Waals surface area contributed by atoms with Crippen LogP contribution in [0.25, 0.3) is 43.1 Å². The molecular weight excluding hydrogens is 766 g/mol. The van der Waals surface area contributed by atoms with Gasteiger partial charge >= 0.3 is 7.32 Å². The van der Waals surface area contributed by atoms with E-state index < -0.39 is 167 Å². The van der Waals surface area contributed by atoms with Gasteiger partial charge in [-0.2, -0.15) is 13.2 Å². The summed E-state index contributed by atoms with van der Waals surface area (Å²) in [7, 11) is -3.41. The van der Waals surface area contributed by atoms with Crippen LogP contribution in [0.1, 0.15) is 0 Å². The fourth-order valence-electron chi connectivity index (χ4n) is 5.68. The van der Waals surface area contributed by atoms with Crippen molar-refractivity contribution in [1.82, 2.24) is 0 Å². The summed E-state index contributed by atoms with van der Waals surface area (Å²) in [4.78, 5) is 0. The highest BCUT2D eigenvalue weighted by Crippen LogP contribution is 2.48. The molecule has 7 aromatic rings. The monoisotopic (exact) mass is 770 g/mol. The summed E-state index contributed by atoms with van der Waals surface area (Å²) < 4.78 is 265. The van der Waals surface area contributed by atoms with Crippen LogP contribution in [0.5, 0.6) is 17.2 Å². The molecule has 0 aliphatic heterocycles. The van der Waals surface area contributed by atoms with Gasteiger partial charge < -0.3 is 14.0 Å². The van der Waals surface area contributed by atoms with E-state index in [0.29, 0.717) is 24.3 Å². The summed E-state index contributed by atoms with van der Waals surface area (Å²) in [5.74, 6) is -48.0. The molecule has 0 aliphatic carbocycles. The first-order valence-electron chi connectivity index (χ1n) is 13.9. The molecule has 0 aliphatic rings. The summed E-state index contributed by atoms with van der Waals surface area (Å²) in [6.45, 7) is 0. The van der Waals surface area contributed by atoms with Crippen LogP contribution >= 0.6 is 0 Å². The molecule has 21 heteroatoms. The number of fused-ring (bicyclic) bond motifs is 1. The Kier molecular flexibility index (Phi) is 8.10. The van der Waals surface area contributed by atoms with Crippen LogP contribution in [0.4, 0.5) is 74.6 Å². The third-order valence-corrected chi connectivity index (χ3v) is 7.98. The number of hydrogen-bond donors (Lipinski definition) is 0. The Morgan fingerprint density at radius 3 is 1.21 bits per heavy atom. The minimum atomic E-state index is -3.41. The molecule has 0 fully saturated rings. The fourth-order valence-corrected chi connectivity index (χ4v) is 5.68. The predicted molar refractivity (Wildman–Crippen MR) is 147 cm³/mol. The van der Waals surface area contributed by atoms with Crippen molar-refractivity contribution in [2.24, 2.45) is 0 Å². The molecule has 0 unspecified atom stereocenters. The molecule has 0 N–H and O–H groups in total. The number of halogens is 17. The molecule has 53 heavy (non-hydrogen) atoms. The zero-order valence-electron chi connectivity index (χ0n) is 24.5. The second kappa shape index (κ2) is 12.1. The van der Waals surface area contributed by atoms with E-state index in [9.17, 15) is 48.3 Å². The normalized spacial score (nSPS) is 11.9. The van der Waals surface area contributed by atoms with E-state index in [1.54, 1.807) is 0 Å². The molecule has 0 spiro atoms. The van der Waals surface area contributed by atoms with Crippen molar-refractivity contribution >= 4 is 50.4 Å². The summed E-state index contributed by atoms with van der Waals surface area (Å²) in [5, 5.41) is -13.3. The largest absolute Gasteiger partial charge is 0.864 e.